The largest absolute Gasteiger partial charge is 0.368 e. The maximum atomic E-state index is 12.2. The molecule has 4 nitrogen and oxygen atoms in total. The highest BCUT2D eigenvalue weighted by atomic mass is 16.5. The molecule has 1 atom stereocenters. The lowest BCUT2D eigenvalue weighted by atomic mass is 10.1. The molecule has 1 aliphatic rings. The van der Waals surface area contributed by atoms with Crippen LogP contribution in [0, 0.1) is 11.8 Å². The van der Waals surface area contributed by atoms with Crippen LogP contribution in [-0.4, -0.2) is 37.1 Å². The predicted octanol–water partition coefficient (Wildman–Crippen LogP) is 1.13. The van der Waals surface area contributed by atoms with E-state index in [9.17, 15) is 4.79 Å². The van der Waals surface area contributed by atoms with Crippen LogP contribution >= 0.6 is 0 Å². The molecule has 106 valence electrons. The molecule has 0 bridgehead atoms. The summed E-state index contributed by atoms with van der Waals surface area (Å²) in [7, 11) is 1.80. The molecule has 0 saturated carbocycles. The van der Waals surface area contributed by atoms with Gasteiger partial charge in [0.15, 0.2) is 0 Å². The van der Waals surface area contributed by atoms with Crippen molar-refractivity contribution in [2.24, 2.45) is 5.73 Å². The second kappa shape index (κ2) is 7.09. The molecule has 0 radical (unpaired) electrons. The van der Waals surface area contributed by atoms with Crippen molar-refractivity contribution in [2.75, 3.05) is 20.2 Å². The first-order valence-corrected chi connectivity index (χ1v) is 6.86. The summed E-state index contributed by atoms with van der Waals surface area (Å²) in [6.07, 6.45) is 1.50. The molecule has 1 unspecified atom stereocenters. The van der Waals surface area contributed by atoms with E-state index in [1.54, 1.807) is 11.9 Å². The number of hydrogen-bond donors (Lipinski definition) is 1. The van der Waals surface area contributed by atoms with Crippen LogP contribution < -0.4 is 5.73 Å². The third kappa shape index (κ3) is 3.60. The minimum atomic E-state index is -0.276. The number of amides is 1. The fourth-order valence-electron chi connectivity index (χ4n) is 2.28. The molecule has 1 aromatic carbocycles. The number of rotatable bonds is 3. The Kier molecular flexibility index (Phi) is 5.16. The molecule has 0 aromatic heterocycles. The Labute approximate surface area is 119 Å². The molecular weight excluding hydrogens is 252 g/mol. The monoisotopic (exact) mass is 272 g/mol. The summed E-state index contributed by atoms with van der Waals surface area (Å²) in [5, 5.41) is 0. The summed E-state index contributed by atoms with van der Waals surface area (Å²) >= 11 is 0. The zero-order chi connectivity index (χ0) is 14.4. The maximum absolute atomic E-state index is 12.2. The molecule has 0 spiro atoms. The Morgan fingerprint density at radius 3 is 3.00 bits per heavy atom. The van der Waals surface area contributed by atoms with Gasteiger partial charge < -0.3 is 15.4 Å². The lowest BCUT2D eigenvalue weighted by Crippen LogP contribution is -2.35. The van der Waals surface area contributed by atoms with E-state index in [2.05, 4.69) is 11.8 Å². The molecule has 1 fully saturated rings. The SMILES string of the molecule is CN(Cc1ccccc1C#CCN)C(=O)C1CCCO1. The van der Waals surface area contributed by atoms with Crippen LogP contribution in [0.1, 0.15) is 24.0 Å². The molecule has 1 saturated heterocycles. The summed E-state index contributed by atoms with van der Waals surface area (Å²) < 4.78 is 5.43. The van der Waals surface area contributed by atoms with Crippen molar-refractivity contribution in [3.05, 3.63) is 35.4 Å². The van der Waals surface area contributed by atoms with Crippen LogP contribution in [-0.2, 0) is 16.1 Å². The van der Waals surface area contributed by atoms with Gasteiger partial charge in [-0.2, -0.15) is 0 Å². The van der Waals surface area contributed by atoms with E-state index < -0.39 is 0 Å². The number of carbonyl (C=O) groups is 1. The van der Waals surface area contributed by atoms with Gasteiger partial charge in [0.05, 0.1) is 6.54 Å². The first-order valence-electron chi connectivity index (χ1n) is 6.86. The van der Waals surface area contributed by atoms with Gasteiger partial charge in [0.25, 0.3) is 5.91 Å². The van der Waals surface area contributed by atoms with Crippen LogP contribution in [0.5, 0.6) is 0 Å². The van der Waals surface area contributed by atoms with Gasteiger partial charge >= 0.3 is 0 Å². The van der Waals surface area contributed by atoms with Gasteiger partial charge in [-0.15, -0.1) is 0 Å². The number of hydrogen-bond acceptors (Lipinski definition) is 3. The number of benzene rings is 1. The van der Waals surface area contributed by atoms with Crippen molar-refractivity contribution < 1.29 is 9.53 Å². The second-order valence-electron chi connectivity index (χ2n) is 4.86. The number of nitrogens with two attached hydrogens (primary N) is 1. The average molecular weight is 272 g/mol. The molecular formula is C16H20N2O2. The van der Waals surface area contributed by atoms with Gasteiger partial charge in [-0.05, 0) is 24.5 Å². The third-order valence-corrected chi connectivity index (χ3v) is 3.33. The molecule has 1 aromatic rings. The van der Waals surface area contributed by atoms with E-state index in [-0.39, 0.29) is 12.0 Å². The predicted molar refractivity (Wildman–Crippen MR) is 77.8 cm³/mol. The average Bonchev–Trinajstić information content (AvgIpc) is 2.99. The normalized spacial score (nSPS) is 17.4. The molecule has 1 heterocycles. The van der Waals surface area contributed by atoms with Crippen LogP contribution in [0.25, 0.3) is 0 Å². The van der Waals surface area contributed by atoms with Gasteiger partial charge in [0.1, 0.15) is 6.10 Å². The molecule has 2 N–H and O–H groups in total. The number of carbonyl (C=O) groups excluding carboxylic acids is 1. The van der Waals surface area contributed by atoms with Gasteiger partial charge in [-0.1, -0.05) is 30.0 Å². The Morgan fingerprint density at radius 2 is 2.30 bits per heavy atom. The topological polar surface area (TPSA) is 55.6 Å². The van der Waals surface area contributed by atoms with Crippen molar-refractivity contribution in [3.8, 4) is 11.8 Å². The van der Waals surface area contributed by atoms with E-state index in [0.717, 1.165) is 24.0 Å². The smallest absolute Gasteiger partial charge is 0.251 e. The van der Waals surface area contributed by atoms with Crippen molar-refractivity contribution in [2.45, 2.75) is 25.5 Å². The lowest BCUT2D eigenvalue weighted by Gasteiger charge is -2.21. The Balaban J connectivity index is 2.07. The minimum absolute atomic E-state index is 0.0455. The zero-order valence-electron chi connectivity index (χ0n) is 11.8. The molecule has 20 heavy (non-hydrogen) atoms. The highest BCUT2D eigenvalue weighted by molar-refractivity contribution is 5.81. The Bertz CT molecular complexity index is 525. The molecule has 0 aliphatic carbocycles. The van der Waals surface area contributed by atoms with Crippen LogP contribution in [0.4, 0.5) is 0 Å². The second-order valence-corrected chi connectivity index (χ2v) is 4.86. The van der Waals surface area contributed by atoms with E-state index in [1.165, 1.54) is 0 Å². The summed E-state index contributed by atoms with van der Waals surface area (Å²) in [6, 6.07) is 7.82. The fourth-order valence-corrected chi connectivity index (χ4v) is 2.28. The molecule has 1 amide bonds. The number of likely N-dealkylation sites (N-methyl/N-ethyl adjacent to an activating group) is 1. The quantitative estimate of drug-likeness (QED) is 0.839. The summed E-state index contributed by atoms with van der Waals surface area (Å²) in [5.74, 6) is 5.94. The van der Waals surface area contributed by atoms with Gasteiger partial charge in [0, 0.05) is 25.8 Å². The van der Waals surface area contributed by atoms with Gasteiger partial charge in [-0.25, -0.2) is 0 Å². The Hall–Kier alpha value is -1.83. The van der Waals surface area contributed by atoms with E-state index >= 15 is 0 Å². The van der Waals surface area contributed by atoms with Crippen molar-refractivity contribution in [1.29, 1.82) is 0 Å². The van der Waals surface area contributed by atoms with E-state index in [4.69, 9.17) is 10.5 Å². The van der Waals surface area contributed by atoms with E-state index in [1.807, 2.05) is 24.3 Å². The highest BCUT2D eigenvalue weighted by Crippen LogP contribution is 2.16. The first-order chi connectivity index (χ1) is 9.72. The summed E-state index contributed by atoms with van der Waals surface area (Å²) in [6.45, 7) is 1.55. The summed E-state index contributed by atoms with van der Waals surface area (Å²) in [5.41, 5.74) is 7.36. The standard InChI is InChI=1S/C16H20N2O2/c1-18(16(19)15-9-5-11-20-15)12-14-7-3-2-6-13(14)8-4-10-17/h2-3,6-7,15H,5,9-12,17H2,1H3. The van der Waals surface area contributed by atoms with Crippen molar-refractivity contribution in [1.82, 2.24) is 4.90 Å². The van der Waals surface area contributed by atoms with Crippen molar-refractivity contribution >= 4 is 5.91 Å². The van der Waals surface area contributed by atoms with Gasteiger partial charge in [0.2, 0.25) is 0 Å². The number of ether oxygens (including phenoxy) is 1. The lowest BCUT2D eigenvalue weighted by molar-refractivity contribution is -0.140. The molecule has 1 aliphatic heterocycles. The third-order valence-electron chi connectivity index (χ3n) is 3.33. The molecule has 4 heteroatoms. The maximum Gasteiger partial charge on any atom is 0.251 e. The van der Waals surface area contributed by atoms with Crippen LogP contribution in [0.15, 0.2) is 24.3 Å². The zero-order valence-corrected chi connectivity index (χ0v) is 11.8. The van der Waals surface area contributed by atoms with Gasteiger partial charge in [-0.3, -0.25) is 4.79 Å². The van der Waals surface area contributed by atoms with E-state index in [0.29, 0.717) is 19.7 Å². The molecule has 2 rings (SSSR count). The van der Waals surface area contributed by atoms with Crippen LogP contribution in [0.3, 0.4) is 0 Å². The first kappa shape index (κ1) is 14.6. The fraction of sp³-hybridized carbons (Fsp3) is 0.438. The Morgan fingerprint density at radius 1 is 1.50 bits per heavy atom. The number of nitrogens with zero attached hydrogens (tertiary/aromatic N) is 1. The highest BCUT2D eigenvalue weighted by Gasteiger charge is 2.26. The van der Waals surface area contributed by atoms with Crippen LogP contribution in [0.2, 0.25) is 0 Å². The minimum Gasteiger partial charge on any atom is -0.368 e. The van der Waals surface area contributed by atoms with Crippen molar-refractivity contribution in [3.63, 3.8) is 0 Å². The summed E-state index contributed by atoms with van der Waals surface area (Å²) in [4.78, 5) is 13.9.